The third-order valence-electron chi connectivity index (χ3n) is 3.12. The van der Waals surface area contributed by atoms with Crippen molar-refractivity contribution in [3.05, 3.63) is 78.2 Å². The van der Waals surface area contributed by atoms with E-state index in [0.717, 1.165) is 11.3 Å². The van der Waals surface area contributed by atoms with Crippen LogP contribution < -0.4 is 10.6 Å². The molecule has 6 nitrogen and oxygen atoms in total. The summed E-state index contributed by atoms with van der Waals surface area (Å²) in [6, 6.07) is 16.7. The Balaban J connectivity index is 1.59. The molecule has 1 amide bonds. The van der Waals surface area contributed by atoms with E-state index in [1.165, 1.54) is 0 Å². The summed E-state index contributed by atoms with van der Waals surface area (Å²) >= 11 is 0. The lowest BCUT2D eigenvalue weighted by Gasteiger charge is -2.06. The van der Waals surface area contributed by atoms with Crippen LogP contribution in [0.4, 0.5) is 11.5 Å². The fraction of sp³-hybridized carbons (Fsp3) is 0.0588. The summed E-state index contributed by atoms with van der Waals surface area (Å²) in [7, 11) is 0. The first-order valence-electron chi connectivity index (χ1n) is 7.14. The second kappa shape index (κ2) is 7.13. The number of hydrogen-bond acceptors (Lipinski definition) is 5. The summed E-state index contributed by atoms with van der Waals surface area (Å²) in [5.41, 5.74) is 2.11. The molecule has 0 atom stereocenters. The number of rotatable bonds is 5. The van der Waals surface area contributed by atoms with E-state index < -0.39 is 0 Å². The van der Waals surface area contributed by atoms with Crippen LogP contribution >= 0.6 is 0 Å². The van der Waals surface area contributed by atoms with Crippen LogP contribution in [0.3, 0.4) is 0 Å². The Morgan fingerprint density at radius 3 is 2.52 bits per heavy atom. The van der Waals surface area contributed by atoms with E-state index in [0.29, 0.717) is 12.4 Å². The topological polar surface area (TPSA) is 79.8 Å². The first-order valence-corrected chi connectivity index (χ1v) is 7.14. The average molecular weight is 305 g/mol. The van der Waals surface area contributed by atoms with Crippen molar-refractivity contribution in [3.63, 3.8) is 0 Å². The van der Waals surface area contributed by atoms with Crippen molar-refractivity contribution in [1.82, 2.24) is 20.5 Å². The second-order valence-electron chi connectivity index (χ2n) is 4.84. The Morgan fingerprint density at radius 1 is 0.957 bits per heavy atom. The molecule has 0 unspecified atom stereocenters. The minimum Gasteiger partial charge on any atom is -0.347 e. The average Bonchev–Trinajstić information content (AvgIpc) is 2.62. The minimum atomic E-state index is -0.271. The summed E-state index contributed by atoms with van der Waals surface area (Å²) in [5.74, 6) is 0.313. The van der Waals surface area contributed by atoms with Crippen molar-refractivity contribution in [2.75, 3.05) is 5.32 Å². The zero-order valence-electron chi connectivity index (χ0n) is 12.3. The Bertz CT molecular complexity index is 760. The molecule has 23 heavy (non-hydrogen) atoms. The SMILES string of the molecule is O=C(NCc1cccnc1)c1ccc(Nc2ccccc2)nn1. The van der Waals surface area contributed by atoms with Crippen molar-refractivity contribution in [3.8, 4) is 0 Å². The maximum Gasteiger partial charge on any atom is 0.272 e. The lowest BCUT2D eigenvalue weighted by atomic mass is 10.3. The highest BCUT2D eigenvalue weighted by Crippen LogP contribution is 2.12. The zero-order chi connectivity index (χ0) is 15.9. The van der Waals surface area contributed by atoms with E-state index in [1.54, 1.807) is 24.5 Å². The van der Waals surface area contributed by atoms with E-state index in [-0.39, 0.29) is 11.6 Å². The Morgan fingerprint density at radius 2 is 1.83 bits per heavy atom. The van der Waals surface area contributed by atoms with Crippen molar-refractivity contribution in [2.45, 2.75) is 6.54 Å². The molecule has 0 aliphatic heterocycles. The fourth-order valence-electron chi connectivity index (χ4n) is 1.97. The number of para-hydroxylation sites is 1. The first-order chi connectivity index (χ1) is 11.3. The Labute approximate surface area is 133 Å². The molecule has 1 aromatic carbocycles. The van der Waals surface area contributed by atoms with Crippen molar-refractivity contribution in [2.24, 2.45) is 0 Å². The number of benzene rings is 1. The fourth-order valence-corrected chi connectivity index (χ4v) is 1.97. The highest BCUT2D eigenvalue weighted by Gasteiger charge is 2.08. The Kier molecular flexibility index (Phi) is 4.54. The molecular weight excluding hydrogens is 290 g/mol. The van der Waals surface area contributed by atoms with Crippen LogP contribution in [-0.2, 0) is 6.54 Å². The molecule has 0 saturated carbocycles. The normalized spacial score (nSPS) is 10.1. The van der Waals surface area contributed by atoms with E-state index in [1.807, 2.05) is 42.5 Å². The molecule has 0 aliphatic carbocycles. The molecule has 6 heteroatoms. The third-order valence-corrected chi connectivity index (χ3v) is 3.12. The summed E-state index contributed by atoms with van der Waals surface area (Å²) in [6.45, 7) is 0.401. The van der Waals surface area contributed by atoms with E-state index in [2.05, 4.69) is 25.8 Å². The molecule has 2 aromatic heterocycles. The van der Waals surface area contributed by atoms with Crippen LogP contribution in [0.5, 0.6) is 0 Å². The smallest absolute Gasteiger partial charge is 0.272 e. The summed E-state index contributed by atoms with van der Waals surface area (Å²) < 4.78 is 0. The van der Waals surface area contributed by atoms with Crippen LogP contribution in [0, 0.1) is 0 Å². The van der Waals surface area contributed by atoms with E-state index >= 15 is 0 Å². The molecule has 0 aliphatic rings. The van der Waals surface area contributed by atoms with Gasteiger partial charge in [0.2, 0.25) is 0 Å². The van der Waals surface area contributed by atoms with Gasteiger partial charge >= 0.3 is 0 Å². The van der Waals surface area contributed by atoms with Crippen molar-refractivity contribution < 1.29 is 4.79 Å². The molecule has 3 aromatic rings. The second-order valence-corrected chi connectivity index (χ2v) is 4.84. The molecule has 2 N–H and O–H groups in total. The molecule has 114 valence electrons. The van der Waals surface area contributed by atoms with Gasteiger partial charge in [-0.2, -0.15) is 0 Å². The highest BCUT2D eigenvalue weighted by molar-refractivity contribution is 5.92. The maximum atomic E-state index is 12.0. The first kappa shape index (κ1) is 14.6. The van der Waals surface area contributed by atoms with Crippen LogP contribution in [0.2, 0.25) is 0 Å². The lowest BCUT2D eigenvalue weighted by molar-refractivity contribution is 0.0945. The number of nitrogens with one attached hydrogen (secondary N) is 2. The van der Waals surface area contributed by atoms with Gasteiger partial charge in [-0.1, -0.05) is 24.3 Å². The molecule has 0 bridgehead atoms. The molecule has 2 heterocycles. The van der Waals surface area contributed by atoms with Crippen molar-refractivity contribution >= 4 is 17.4 Å². The molecule has 0 spiro atoms. The lowest BCUT2D eigenvalue weighted by Crippen LogP contribution is -2.24. The number of nitrogens with zero attached hydrogens (tertiary/aromatic N) is 3. The van der Waals surface area contributed by atoms with Crippen molar-refractivity contribution in [1.29, 1.82) is 0 Å². The summed E-state index contributed by atoms with van der Waals surface area (Å²) in [5, 5.41) is 13.9. The van der Waals surface area contributed by atoms with Gasteiger partial charge in [0, 0.05) is 24.6 Å². The maximum absolute atomic E-state index is 12.0. The summed E-state index contributed by atoms with van der Waals surface area (Å²) in [6.07, 6.45) is 3.40. The predicted octanol–water partition coefficient (Wildman–Crippen LogP) is 2.55. The number of carbonyl (C=O) groups excluding carboxylic acids is 1. The van der Waals surface area contributed by atoms with E-state index in [9.17, 15) is 4.79 Å². The quantitative estimate of drug-likeness (QED) is 0.757. The van der Waals surface area contributed by atoms with Gasteiger partial charge < -0.3 is 10.6 Å². The van der Waals surface area contributed by atoms with Gasteiger partial charge in [0.25, 0.3) is 5.91 Å². The van der Waals surface area contributed by atoms with Crippen LogP contribution in [0.25, 0.3) is 0 Å². The number of carbonyl (C=O) groups is 1. The van der Waals surface area contributed by atoms with E-state index in [4.69, 9.17) is 0 Å². The standard InChI is InChI=1S/C17H15N5O/c23-17(19-12-13-5-4-10-18-11-13)15-8-9-16(22-21-15)20-14-6-2-1-3-7-14/h1-11H,12H2,(H,19,23)(H,20,22). The molecular formula is C17H15N5O. The molecule has 0 fully saturated rings. The molecule has 0 radical (unpaired) electrons. The van der Waals surface area contributed by atoms with Gasteiger partial charge in [0.05, 0.1) is 0 Å². The monoisotopic (exact) mass is 305 g/mol. The van der Waals surface area contributed by atoms with Gasteiger partial charge in [0.15, 0.2) is 11.5 Å². The molecule has 3 rings (SSSR count). The van der Waals surface area contributed by atoms with Gasteiger partial charge in [-0.25, -0.2) is 0 Å². The number of pyridine rings is 1. The van der Waals surface area contributed by atoms with Gasteiger partial charge in [0.1, 0.15) is 0 Å². The zero-order valence-corrected chi connectivity index (χ0v) is 12.3. The number of anilines is 2. The van der Waals surface area contributed by atoms with Crippen LogP contribution in [0.15, 0.2) is 67.0 Å². The molecule has 0 saturated heterocycles. The third kappa shape index (κ3) is 4.10. The largest absolute Gasteiger partial charge is 0.347 e. The number of amides is 1. The Hall–Kier alpha value is -3.28. The highest BCUT2D eigenvalue weighted by atomic mass is 16.1. The predicted molar refractivity (Wildman–Crippen MR) is 87.2 cm³/mol. The van der Waals surface area contributed by atoms with Crippen LogP contribution in [0.1, 0.15) is 16.1 Å². The van der Waals surface area contributed by atoms with Crippen LogP contribution in [-0.4, -0.2) is 21.1 Å². The van der Waals surface area contributed by atoms with Gasteiger partial charge in [-0.3, -0.25) is 9.78 Å². The minimum absolute atomic E-state index is 0.271. The van der Waals surface area contributed by atoms with Gasteiger partial charge in [-0.05, 0) is 35.9 Å². The number of aromatic nitrogens is 3. The number of hydrogen-bond donors (Lipinski definition) is 2. The van der Waals surface area contributed by atoms with Gasteiger partial charge in [-0.15, -0.1) is 10.2 Å². The summed E-state index contributed by atoms with van der Waals surface area (Å²) in [4.78, 5) is 16.0.